The monoisotopic (exact) mass is 464 g/mol. The minimum atomic E-state index is -4.75. The molecule has 1 atom stereocenters. The van der Waals surface area contributed by atoms with Gasteiger partial charge in [-0.15, -0.1) is 0 Å². The normalized spacial score (nSPS) is 14.7. The first-order valence-electron chi connectivity index (χ1n) is 10.3. The predicted molar refractivity (Wildman–Crippen MR) is 112 cm³/mol. The summed E-state index contributed by atoms with van der Waals surface area (Å²) in [5.74, 6) is 0.420. The van der Waals surface area contributed by atoms with Gasteiger partial charge in [0.1, 0.15) is 5.75 Å². The minimum absolute atomic E-state index is 0.0848. The first-order valence-corrected chi connectivity index (χ1v) is 10.3. The van der Waals surface area contributed by atoms with Crippen molar-refractivity contribution in [1.29, 1.82) is 0 Å². The number of halogens is 3. The molecule has 1 saturated carbocycles. The van der Waals surface area contributed by atoms with Gasteiger partial charge >= 0.3 is 12.2 Å². The van der Waals surface area contributed by atoms with Crippen molar-refractivity contribution in [1.82, 2.24) is 29.6 Å². The second-order valence-electron chi connectivity index (χ2n) is 7.56. The Morgan fingerprint density at radius 3 is 2.67 bits per heavy atom. The van der Waals surface area contributed by atoms with E-state index in [1.807, 2.05) is 0 Å². The molecular weight excluding hydrogens is 441 g/mol. The molecule has 176 valence electrons. The number of carbonyl (C=O) groups excluding carboxylic acids is 1. The number of urea groups is 1. The van der Waals surface area contributed by atoms with Crippen LogP contribution in [0.4, 0.5) is 18.0 Å². The number of nitrogens with zero attached hydrogens (tertiary/aromatic N) is 5. The van der Waals surface area contributed by atoms with Gasteiger partial charge in [0.15, 0.2) is 11.7 Å². The van der Waals surface area contributed by atoms with Gasteiger partial charge in [0.25, 0.3) is 5.88 Å². The summed E-state index contributed by atoms with van der Waals surface area (Å²) in [6.45, 7) is 1.34. The molecule has 33 heavy (non-hydrogen) atoms. The van der Waals surface area contributed by atoms with Crippen LogP contribution in [0, 0.1) is 0 Å². The molecule has 4 rings (SSSR count). The summed E-state index contributed by atoms with van der Waals surface area (Å²) in [6.07, 6.45) is 2.78. The maximum atomic E-state index is 14.2. The number of nitrogens with one attached hydrogen (secondary N) is 1. The number of carbonyl (C=O) groups is 1. The Kier molecular flexibility index (Phi) is 6.00. The van der Waals surface area contributed by atoms with Crippen LogP contribution in [0.25, 0.3) is 16.9 Å². The van der Waals surface area contributed by atoms with Crippen LogP contribution in [0.5, 0.6) is 11.6 Å². The molecule has 1 N–H and O–H groups in total. The van der Waals surface area contributed by atoms with E-state index < -0.39 is 18.2 Å². The fourth-order valence-corrected chi connectivity index (χ4v) is 3.57. The van der Waals surface area contributed by atoms with Crippen LogP contribution in [0.3, 0.4) is 0 Å². The van der Waals surface area contributed by atoms with E-state index in [9.17, 15) is 18.0 Å². The zero-order valence-corrected chi connectivity index (χ0v) is 18.3. The van der Waals surface area contributed by atoms with E-state index in [1.165, 1.54) is 33.4 Å². The molecular formula is C21H23F3N6O3. The van der Waals surface area contributed by atoms with Crippen LogP contribution in [0.1, 0.15) is 31.5 Å². The first kappa shape index (κ1) is 22.6. The van der Waals surface area contributed by atoms with Crippen molar-refractivity contribution >= 4 is 11.7 Å². The summed E-state index contributed by atoms with van der Waals surface area (Å²) in [5, 5.41) is 2.62. The lowest BCUT2D eigenvalue weighted by Crippen LogP contribution is -2.48. The third-order valence-electron chi connectivity index (χ3n) is 5.33. The Morgan fingerprint density at radius 2 is 2.06 bits per heavy atom. The largest absolute Gasteiger partial charge is 0.494 e. The summed E-state index contributed by atoms with van der Waals surface area (Å²) in [6, 6.07) is -1.86. The maximum Gasteiger partial charge on any atom is 0.414 e. The molecule has 3 aromatic heterocycles. The van der Waals surface area contributed by atoms with Crippen LogP contribution < -0.4 is 14.8 Å². The number of alkyl halides is 3. The summed E-state index contributed by atoms with van der Waals surface area (Å²) in [5.41, 5.74) is 0.669. The SMILES string of the molecule is CCN(C(=O)NC1CC1)[C@@H](c1cc(-c2cn3ccnc3c(OC)n2)c(OC)cn1)C(F)(F)F. The molecule has 12 heteroatoms. The minimum Gasteiger partial charge on any atom is -0.494 e. The second kappa shape index (κ2) is 8.75. The zero-order chi connectivity index (χ0) is 23.8. The van der Waals surface area contributed by atoms with Gasteiger partial charge in [-0.1, -0.05) is 0 Å². The maximum absolute atomic E-state index is 14.2. The molecule has 9 nitrogen and oxygen atoms in total. The van der Waals surface area contributed by atoms with Crippen molar-refractivity contribution in [2.45, 2.75) is 38.0 Å². The van der Waals surface area contributed by atoms with Crippen LogP contribution in [0.2, 0.25) is 0 Å². The summed E-state index contributed by atoms with van der Waals surface area (Å²) in [4.78, 5) is 25.9. The molecule has 1 fully saturated rings. The number of imidazole rings is 1. The number of ether oxygens (including phenoxy) is 2. The molecule has 0 radical (unpaired) electrons. The number of rotatable bonds is 7. The molecule has 0 saturated heterocycles. The van der Waals surface area contributed by atoms with Gasteiger partial charge in [0.05, 0.1) is 31.8 Å². The molecule has 0 aromatic carbocycles. The fourth-order valence-electron chi connectivity index (χ4n) is 3.57. The third kappa shape index (κ3) is 4.50. The highest BCUT2D eigenvalue weighted by molar-refractivity contribution is 5.76. The number of hydrogen-bond acceptors (Lipinski definition) is 6. The van der Waals surface area contributed by atoms with E-state index >= 15 is 0 Å². The average Bonchev–Trinajstić information content (AvgIpc) is 3.47. The molecule has 1 aliphatic rings. The number of pyridine rings is 1. The molecule has 0 unspecified atom stereocenters. The zero-order valence-electron chi connectivity index (χ0n) is 18.3. The van der Waals surface area contributed by atoms with Gasteiger partial charge in [0.2, 0.25) is 0 Å². The third-order valence-corrected chi connectivity index (χ3v) is 5.33. The highest BCUT2D eigenvalue weighted by atomic mass is 19.4. The van der Waals surface area contributed by atoms with Gasteiger partial charge in [-0.05, 0) is 25.8 Å². The van der Waals surface area contributed by atoms with Crippen molar-refractivity contribution in [3.8, 4) is 22.9 Å². The highest BCUT2D eigenvalue weighted by Crippen LogP contribution is 2.40. The van der Waals surface area contributed by atoms with E-state index in [4.69, 9.17) is 9.47 Å². The van der Waals surface area contributed by atoms with Gasteiger partial charge in [-0.25, -0.2) is 14.8 Å². The van der Waals surface area contributed by atoms with Gasteiger partial charge in [0, 0.05) is 36.7 Å². The lowest BCUT2D eigenvalue weighted by atomic mass is 10.1. The van der Waals surface area contributed by atoms with Gasteiger partial charge < -0.3 is 24.1 Å². The van der Waals surface area contributed by atoms with E-state index in [0.29, 0.717) is 11.3 Å². The summed E-state index contributed by atoms with van der Waals surface area (Å²) >= 11 is 0. The van der Waals surface area contributed by atoms with Crippen LogP contribution in [-0.4, -0.2) is 63.3 Å². The fraction of sp³-hybridized carbons (Fsp3) is 0.429. The van der Waals surface area contributed by atoms with Crippen molar-refractivity contribution in [2.75, 3.05) is 20.8 Å². The Labute approximate surface area is 187 Å². The molecule has 3 aromatic rings. The van der Waals surface area contributed by atoms with Crippen molar-refractivity contribution < 1.29 is 27.4 Å². The van der Waals surface area contributed by atoms with E-state index in [0.717, 1.165) is 17.7 Å². The smallest absolute Gasteiger partial charge is 0.414 e. The van der Waals surface area contributed by atoms with E-state index in [2.05, 4.69) is 20.3 Å². The second-order valence-corrected chi connectivity index (χ2v) is 7.56. The Hall–Kier alpha value is -3.57. The lowest BCUT2D eigenvalue weighted by molar-refractivity contribution is -0.179. The number of hydrogen-bond donors (Lipinski definition) is 1. The topological polar surface area (TPSA) is 93.9 Å². The van der Waals surface area contributed by atoms with Crippen molar-refractivity contribution in [3.63, 3.8) is 0 Å². The first-order chi connectivity index (χ1) is 15.8. The lowest BCUT2D eigenvalue weighted by Gasteiger charge is -2.32. The molecule has 2 amide bonds. The number of fused-ring (bicyclic) bond motifs is 1. The Bertz CT molecular complexity index is 1160. The molecule has 0 spiro atoms. The molecule has 3 heterocycles. The quantitative estimate of drug-likeness (QED) is 0.574. The number of methoxy groups -OCH3 is 2. The summed E-state index contributed by atoms with van der Waals surface area (Å²) < 4.78 is 54.9. The van der Waals surface area contributed by atoms with Crippen LogP contribution in [0.15, 0.2) is 30.9 Å². The van der Waals surface area contributed by atoms with Crippen LogP contribution in [-0.2, 0) is 0 Å². The highest BCUT2D eigenvalue weighted by Gasteiger charge is 2.48. The van der Waals surface area contributed by atoms with Crippen LogP contribution >= 0.6 is 0 Å². The van der Waals surface area contributed by atoms with Crippen molar-refractivity contribution in [3.05, 3.63) is 36.5 Å². The van der Waals surface area contributed by atoms with Gasteiger partial charge in [-0.3, -0.25) is 4.98 Å². The Balaban J connectivity index is 1.82. The molecule has 1 aliphatic carbocycles. The standard InChI is InChI=1S/C21H23F3N6O3/c1-4-30(20(31)27-12-5-6-12)17(21(22,23)24)14-9-13(16(32-2)10-26-14)15-11-29-8-7-25-18(29)19(28-15)33-3/h7-12,17H,4-6H2,1-3H3,(H,27,31)/t17-/m0/s1. The average molecular weight is 464 g/mol. The molecule has 0 aliphatic heterocycles. The summed E-state index contributed by atoms with van der Waals surface area (Å²) in [7, 11) is 2.81. The van der Waals surface area contributed by atoms with E-state index in [1.54, 1.807) is 23.0 Å². The number of aromatic nitrogens is 4. The number of amides is 2. The Morgan fingerprint density at radius 1 is 1.30 bits per heavy atom. The van der Waals surface area contributed by atoms with E-state index in [-0.39, 0.29) is 35.5 Å². The van der Waals surface area contributed by atoms with Crippen molar-refractivity contribution in [2.24, 2.45) is 0 Å². The predicted octanol–water partition coefficient (Wildman–Crippen LogP) is 3.61. The van der Waals surface area contributed by atoms with Gasteiger partial charge in [-0.2, -0.15) is 13.2 Å². The molecule has 0 bridgehead atoms.